The van der Waals surface area contributed by atoms with Crippen LogP contribution in [0.5, 0.6) is 0 Å². The molecule has 0 aromatic heterocycles. The summed E-state index contributed by atoms with van der Waals surface area (Å²) in [7, 11) is -4.44. The van der Waals surface area contributed by atoms with Gasteiger partial charge in [0, 0.05) is 0 Å². The normalized spacial score (nSPS) is 15.3. The number of nitrogens with one attached hydrogen (secondary N) is 1. The summed E-state index contributed by atoms with van der Waals surface area (Å²) in [6, 6.07) is 0. The van der Waals surface area contributed by atoms with E-state index in [1.54, 1.807) is 27.7 Å². The van der Waals surface area contributed by atoms with Crippen LogP contribution in [0.2, 0.25) is 0 Å². The van der Waals surface area contributed by atoms with Crippen LogP contribution in [-0.2, 0) is 4.52 Å². The van der Waals surface area contributed by atoms with Crippen LogP contribution in [-0.4, -0.2) is 26.7 Å². The zero-order valence-electron chi connectivity index (χ0n) is 8.89. The van der Waals surface area contributed by atoms with Crippen LogP contribution in [0.1, 0.15) is 27.7 Å². The van der Waals surface area contributed by atoms with E-state index in [4.69, 9.17) is 10.3 Å². The van der Waals surface area contributed by atoms with Crippen molar-refractivity contribution in [3.63, 3.8) is 0 Å². The summed E-state index contributed by atoms with van der Waals surface area (Å²) >= 11 is 4.59. The molecule has 14 heavy (non-hydrogen) atoms. The molecule has 0 amide bonds. The number of thiocarbonyl (C=S) groups is 1. The maximum atomic E-state index is 10.1. The molecule has 7 heteroatoms. The number of hydrogen-bond donors (Lipinski definition) is 4. The Labute approximate surface area is 89.9 Å². The van der Waals surface area contributed by atoms with Crippen LogP contribution >= 0.6 is 19.7 Å². The van der Waals surface area contributed by atoms with E-state index in [1.165, 1.54) is 0 Å². The van der Waals surface area contributed by atoms with Crippen LogP contribution < -0.4 is 10.8 Å². The molecule has 0 aliphatic heterocycles. The zero-order valence-corrected chi connectivity index (χ0v) is 10.6. The molecule has 0 saturated heterocycles. The molecule has 0 spiro atoms. The van der Waals surface area contributed by atoms with E-state index >= 15 is 0 Å². The quantitative estimate of drug-likeness (QED) is 0.432. The van der Waals surface area contributed by atoms with Gasteiger partial charge in [-0.1, -0.05) is 0 Å². The fourth-order valence-electron chi connectivity index (χ4n) is 0.900. The van der Waals surface area contributed by atoms with Crippen molar-refractivity contribution in [1.82, 2.24) is 5.09 Å². The Hall–Kier alpha value is 0.0000000000000000278. The molecule has 0 heterocycles. The predicted molar refractivity (Wildman–Crippen MR) is 62.6 cm³/mol. The predicted octanol–water partition coefficient (Wildman–Crippen LogP) is 0.851. The summed E-state index contributed by atoms with van der Waals surface area (Å²) < 4.78 is 5.16. The van der Waals surface area contributed by atoms with Crippen LogP contribution in [0.4, 0.5) is 0 Å². The third-order valence-electron chi connectivity index (χ3n) is 1.67. The molecule has 0 aliphatic carbocycles. The first-order valence-corrected chi connectivity index (χ1v) is 6.89. The standard InChI is InChI=1S/C7H19N2O3PS/c1-5(2)12-13(10,11,6(3)4)9-7(8)14/h5-6,10-11H,1-4H3,(H3,8,9,14). The molecular weight excluding hydrogens is 223 g/mol. The molecule has 0 unspecified atom stereocenters. The van der Waals surface area contributed by atoms with Gasteiger partial charge in [-0.05, 0) is 0 Å². The molecule has 0 aliphatic rings. The average molecular weight is 242 g/mol. The molecule has 0 rings (SSSR count). The number of rotatable bonds is 4. The van der Waals surface area contributed by atoms with Gasteiger partial charge in [-0.25, -0.2) is 0 Å². The van der Waals surface area contributed by atoms with E-state index in [0.717, 1.165) is 0 Å². The van der Waals surface area contributed by atoms with Crippen molar-refractivity contribution in [2.45, 2.75) is 39.5 Å². The van der Waals surface area contributed by atoms with Gasteiger partial charge in [0.2, 0.25) is 0 Å². The SMILES string of the molecule is CC(C)OP(O)(O)(NC(N)=S)C(C)C. The van der Waals surface area contributed by atoms with Gasteiger partial charge in [-0.2, -0.15) is 0 Å². The minimum absolute atomic E-state index is 0.179. The first-order valence-electron chi connectivity index (χ1n) is 4.35. The van der Waals surface area contributed by atoms with Crippen molar-refractivity contribution in [3.8, 4) is 0 Å². The second-order valence-corrected chi connectivity index (χ2v) is 7.66. The van der Waals surface area contributed by atoms with Gasteiger partial charge in [0.1, 0.15) is 0 Å². The average Bonchev–Trinajstić information content (AvgIpc) is 1.79. The Bertz CT molecular complexity index is 233. The Morgan fingerprint density at radius 1 is 1.36 bits per heavy atom. The fourth-order valence-corrected chi connectivity index (χ4v) is 3.21. The van der Waals surface area contributed by atoms with Gasteiger partial charge in [0.05, 0.1) is 0 Å². The molecule has 0 bridgehead atoms. The third-order valence-corrected chi connectivity index (χ3v) is 5.28. The van der Waals surface area contributed by atoms with E-state index in [-0.39, 0.29) is 11.2 Å². The third kappa shape index (κ3) is 3.63. The van der Waals surface area contributed by atoms with E-state index in [0.29, 0.717) is 0 Å². The minimum atomic E-state index is -4.44. The second-order valence-electron chi connectivity index (χ2n) is 3.73. The summed E-state index contributed by atoms with van der Waals surface area (Å²) in [5.41, 5.74) is 4.72. The summed E-state index contributed by atoms with van der Waals surface area (Å²) in [6.45, 7) is 6.67. The van der Waals surface area contributed by atoms with Crippen molar-refractivity contribution < 1.29 is 14.3 Å². The fraction of sp³-hybridized carbons (Fsp3) is 0.857. The first-order chi connectivity index (χ1) is 6.07. The molecule has 0 radical (unpaired) electrons. The Morgan fingerprint density at radius 2 is 1.79 bits per heavy atom. The van der Waals surface area contributed by atoms with Gasteiger partial charge >= 0.3 is 89.4 Å². The van der Waals surface area contributed by atoms with Crippen LogP contribution in [0.15, 0.2) is 0 Å². The number of nitrogens with two attached hydrogens (primary N) is 1. The Morgan fingerprint density at radius 3 is 2.00 bits per heavy atom. The molecule has 0 aromatic carbocycles. The molecule has 5 N–H and O–H groups in total. The summed E-state index contributed by atoms with van der Waals surface area (Å²) in [4.78, 5) is 20.2. The van der Waals surface area contributed by atoms with Crippen molar-refractivity contribution in [3.05, 3.63) is 0 Å². The van der Waals surface area contributed by atoms with Gasteiger partial charge in [-0.3, -0.25) is 0 Å². The monoisotopic (exact) mass is 242 g/mol. The number of hydrogen-bond acceptors (Lipinski definition) is 4. The second kappa shape index (κ2) is 4.24. The van der Waals surface area contributed by atoms with Gasteiger partial charge in [-0.15, -0.1) is 0 Å². The molecule has 0 fully saturated rings. The molecular formula is C7H19N2O3PS. The van der Waals surface area contributed by atoms with Gasteiger partial charge in [0.25, 0.3) is 0 Å². The molecule has 0 atom stereocenters. The van der Waals surface area contributed by atoms with Crippen LogP contribution in [0, 0.1) is 0 Å². The molecule has 5 nitrogen and oxygen atoms in total. The molecule has 86 valence electrons. The topological polar surface area (TPSA) is 87.7 Å². The zero-order chi connectivity index (χ0) is 11.6. The van der Waals surface area contributed by atoms with Crippen LogP contribution in [0.25, 0.3) is 0 Å². The Kier molecular flexibility index (Phi) is 4.24. The summed E-state index contributed by atoms with van der Waals surface area (Å²) in [5.74, 6) is 0. The van der Waals surface area contributed by atoms with E-state index in [1.807, 2.05) is 0 Å². The van der Waals surface area contributed by atoms with Gasteiger partial charge < -0.3 is 0 Å². The summed E-state index contributed by atoms with van der Waals surface area (Å²) in [5, 5.41) is 2.11. The molecule has 0 saturated carbocycles. The maximum absolute atomic E-state index is 10.1. The van der Waals surface area contributed by atoms with Crippen molar-refractivity contribution in [2.24, 2.45) is 5.73 Å². The van der Waals surface area contributed by atoms with Gasteiger partial charge in [0.15, 0.2) is 0 Å². The van der Waals surface area contributed by atoms with E-state index < -0.39 is 13.1 Å². The van der Waals surface area contributed by atoms with Crippen molar-refractivity contribution >= 4 is 24.8 Å². The summed E-state index contributed by atoms with van der Waals surface area (Å²) in [6.07, 6.45) is -0.327. The van der Waals surface area contributed by atoms with E-state index in [2.05, 4.69) is 17.3 Å². The van der Waals surface area contributed by atoms with Crippen LogP contribution in [0.3, 0.4) is 0 Å². The Balaban J connectivity index is 4.92. The van der Waals surface area contributed by atoms with E-state index in [9.17, 15) is 9.79 Å². The molecule has 0 aromatic rings. The van der Waals surface area contributed by atoms with Crippen molar-refractivity contribution in [2.75, 3.05) is 0 Å². The van der Waals surface area contributed by atoms with Crippen molar-refractivity contribution in [1.29, 1.82) is 0 Å². The first kappa shape index (κ1) is 14.0.